The normalized spacial score (nSPS) is 9.29. The van der Waals surface area contributed by atoms with Gasteiger partial charge in [0.25, 0.3) is 5.91 Å². The average Bonchev–Trinajstić information content (AvgIpc) is 2.60. The Bertz CT molecular complexity index is 349. The molecule has 0 bridgehead atoms. The summed E-state index contributed by atoms with van der Waals surface area (Å²) >= 11 is 4.75. The van der Waals surface area contributed by atoms with Crippen molar-refractivity contribution < 1.29 is 9.32 Å². The first-order chi connectivity index (χ1) is 6.63. The highest BCUT2D eigenvalue weighted by molar-refractivity contribution is 7.80. The van der Waals surface area contributed by atoms with Crippen LogP contribution in [0.5, 0.6) is 0 Å². The van der Waals surface area contributed by atoms with E-state index in [0.717, 1.165) is 0 Å². The number of hydrogen-bond donors (Lipinski definition) is 3. The van der Waals surface area contributed by atoms with Crippen LogP contribution in [0.2, 0.25) is 0 Å². The van der Waals surface area contributed by atoms with Gasteiger partial charge in [0.15, 0.2) is 10.8 Å². The molecule has 6 nitrogen and oxygen atoms in total. The predicted molar refractivity (Wildman–Crippen MR) is 53.5 cm³/mol. The first kappa shape index (κ1) is 10.5. The molecule has 76 valence electrons. The van der Waals surface area contributed by atoms with Crippen LogP contribution < -0.4 is 16.2 Å². The van der Waals surface area contributed by atoms with Gasteiger partial charge in [0.05, 0.1) is 0 Å². The van der Waals surface area contributed by atoms with Crippen molar-refractivity contribution in [3.8, 4) is 0 Å². The van der Waals surface area contributed by atoms with Gasteiger partial charge in [-0.25, -0.2) is 0 Å². The fourth-order valence-electron chi connectivity index (χ4n) is 0.713. The molecular weight excluding hydrogens is 204 g/mol. The maximum atomic E-state index is 11.3. The molecule has 1 rings (SSSR count). The summed E-state index contributed by atoms with van der Waals surface area (Å²) in [6.07, 6.45) is 0. The summed E-state index contributed by atoms with van der Waals surface area (Å²) in [5.41, 5.74) is 5.03. The summed E-state index contributed by atoms with van der Waals surface area (Å²) in [5, 5.41) is 6.49. The average molecular weight is 214 g/mol. The third-order valence-electron chi connectivity index (χ3n) is 1.38. The molecule has 0 saturated heterocycles. The standard InChI is InChI=1S/C7H10N4O2S/c1-4-3-5(11-13-4)6(12)9-10-7(14)8-2/h3H,1-2H3,(H,9,12)(H2,8,10,14). The molecule has 1 amide bonds. The molecule has 0 radical (unpaired) electrons. The summed E-state index contributed by atoms with van der Waals surface area (Å²) in [7, 11) is 1.64. The molecule has 0 atom stereocenters. The van der Waals surface area contributed by atoms with Crippen LogP contribution in [0, 0.1) is 6.92 Å². The summed E-state index contributed by atoms with van der Waals surface area (Å²) in [6.45, 7) is 1.70. The lowest BCUT2D eigenvalue weighted by Crippen LogP contribution is -2.45. The van der Waals surface area contributed by atoms with Crippen molar-refractivity contribution >= 4 is 23.2 Å². The second kappa shape index (κ2) is 4.56. The lowest BCUT2D eigenvalue weighted by atomic mass is 10.4. The molecule has 0 aliphatic carbocycles. The van der Waals surface area contributed by atoms with Gasteiger partial charge in [0, 0.05) is 13.1 Å². The monoisotopic (exact) mass is 214 g/mol. The van der Waals surface area contributed by atoms with Gasteiger partial charge in [0.2, 0.25) is 0 Å². The van der Waals surface area contributed by atoms with Gasteiger partial charge in [-0.2, -0.15) is 0 Å². The van der Waals surface area contributed by atoms with Gasteiger partial charge in [-0.1, -0.05) is 5.16 Å². The van der Waals surface area contributed by atoms with E-state index in [2.05, 4.69) is 21.3 Å². The zero-order chi connectivity index (χ0) is 10.6. The number of hydrazine groups is 1. The number of aromatic nitrogens is 1. The number of nitrogens with zero attached hydrogens (tertiary/aromatic N) is 1. The van der Waals surface area contributed by atoms with E-state index in [1.165, 1.54) is 6.07 Å². The maximum absolute atomic E-state index is 11.3. The molecule has 0 aromatic carbocycles. The maximum Gasteiger partial charge on any atom is 0.291 e. The number of aryl methyl sites for hydroxylation is 1. The van der Waals surface area contributed by atoms with E-state index in [0.29, 0.717) is 10.9 Å². The molecule has 14 heavy (non-hydrogen) atoms. The fraction of sp³-hybridized carbons (Fsp3) is 0.286. The number of amides is 1. The highest BCUT2D eigenvalue weighted by Crippen LogP contribution is 1.99. The second-order valence-electron chi connectivity index (χ2n) is 2.48. The Balaban J connectivity index is 2.47. The van der Waals surface area contributed by atoms with Gasteiger partial charge >= 0.3 is 0 Å². The SMILES string of the molecule is CNC(=S)NNC(=O)c1cc(C)on1. The zero-order valence-corrected chi connectivity index (χ0v) is 8.57. The van der Waals surface area contributed by atoms with Crippen molar-refractivity contribution in [2.24, 2.45) is 0 Å². The minimum atomic E-state index is -0.403. The Labute approximate surface area is 86.0 Å². The molecule has 0 aliphatic heterocycles. The van der Waals surface area contributed by atoms with E-state index in [4.69, 9.17) is 16.7 Å². The van der Waals surface area contributed by atoms with Gasteiger partial charge < -0.3 is 9.84 Å². The number of carbonyl (C=O) groups is 1. The van der Waals surface area contributed by atoms with E-state index in [9.17, 15) is 4.79 Å². The minimum Gasteiger partial charge on any atom is -0.364 e. The fourth-order valence-corrected chi connectivity index (χ4v) is 0.765. The smallest absolute Gasteiger partial charge is 0.291 e. The van der Waals surface area contributed by atoms with Crippen LogP contribution in [0.1, 0.15) is 16.2 Å². The van der Waals surface area contributed by atoms with Gasteiger partial charge in [-0.15, -0.1) is 0 Å². The number of hydrogen-bond acceptors (Lipinski definition) is 4. The van der Waals surface area contributed by atoms with Crippen LogP contribution in [-0.4, -0.2) is 23.2 Å². The molecule has 1 aromatic heterocycles. The van der Waals surface area contributed by atoms with Crippen molar-refractivity contribution in [2.45, 2.75) is 6.92 Å². The largest absolute Gasteiger partial charge is 0.364 e. The molecule has 0 fully saturated rings. The summed E-state index contributed by atoms with van der Waals surface area (Å²) in [4.78, 5) is 11.3. The van der Waals surface area contributed by atoms with Crippen molar-refractivity contribution in [3.63, 3.8) is 0 Å². The number of carbonyl (C=O) groups excluding carboxylic acids is 1. The molecule has 0 spiro atoms. The Morgan fingerprint density at radius 3 is 2.79 bits per heavy atom. The molecule has 3 N–H and O–H groups in total. The molecule has 7 heteroatoms. The van der Waals surface area contributed by atoms with E-state index in [-0.39, 0.29) is 5.69 Å². The number of nitrogens with one attached hydrogen (secondary N) is 3. The lowest BCUT2D eigenvalue weighted by Gasteiger charge is -2.06. The van der Waals surface area contributed by atoms with Crippen molar-refractivity contribution in [3.05, 3.63) is 17.5 Å². The molecule has 1 aromatic rings. The predicted octanol–water partition coefficient (Wildman–Crippen LogP) is -0.278. The third-order valence-corrected chi connectivity index (χ3v) is 1.68. The van der Waals surface area contributed by atoms with Crippen LogP contribution in [0.15, 0.2) is 10.6 Å². The van der Waals surface area contributed by atoms with Crippen LogP contribution in [0.4, 0.5) is 0 Å². The first-order valence-electron chi connectivity index (χ1n) is 3.85. The Hall–Kier alpha value is -1.63. The molecule has 1 heterocycles. The number of rotatable bonds is 1. The molecular formula is C7H10N4O2S. The Morgan fingerprint density at radius 2 is 2.29 bits per heavy atom. The first-order valence-corrected chi connectivity index (χ1v) is 4.25. The highest BCUT2D eigenvalue weighted by Gasteiger charge is 2.09. The van der Waals surface area contributed by atoms with Crippen molar-refractivity contribution in [2.75, 3.05) is 7.05 Å². The molecule has 0 unspecified atom stereocenters. The Kier molecular flexibility index (Phi) is 3.41. The summed E-state index contributed by atoms with van der Waals surface area (Å²) in [6, 6.07) is 1.53. The topological polar surface area (TPSA) is 79.2 Å². The third kappa shape index (κ3) is 2.70. The van der Waals surface area contributed by atoms with Crippen molar-refractivity contribution in [1.29, 1.82) is 0 Å². The van der Waals surface area contributed by atoms with E-state index in [1.807, 2.05) is 0 Å². The lowest BCUT2D eigenvalue weighted by molar-refractivity contribution is 0.0934. The Morgan fingerprint density at radius 1 is 1.57 bits per heavy atom. The van der Waals surface area contributed by atoms with Gasteiger partial charge in [-0.05, 0) is 19.1 Å². The van der Waals surface area contributed by atoms with Gasteiger partial charge in [0.1, 0.15) is 5.76 Å². The van der Waals surface area contributed by atoms with E-state index < -0.39 is 5.91 Å². The summed E-state index contributed by atoms with van der Waals surface area (Å²) in [5.74, 6) is 0.172. The highest BCUT2D eigenvalue weighted by atomic mass is 32.1. The van der Waals surface area contributed by atoms with E-state index >= 15 is 0 Å². The second-order valence-corrected chi connectivity index (χ2v) is 2.89. The van der Waals surface area contributed by atoms with Crippen LogP contribution in [-0.2, 0) is 0 Å². The van der Waals surface area contributed by atoms with Crippen LogP contribution in [0.3, 0.4) is 0 Å². The molecule has 0 saturated carbocycles. The summed E-state index contributed by atoms with van der Waals surface area (Å²) < 4.78 is 4.73. The quantitative estimate of drug-likeness (QED) is 0.441. The van der Waals surface area contributed by atoms with Crippen LogP contribution >= 0.6 is 12.2 Å². The molecule has 0 aliphatic rings. The van der Waals surface area contributed by atoms with Gasteiger partial charge in [-0.3, -0.25) is 15.6 Å². The number of thiocarbonyl (C=S) groups is 1. The van der Waals surface area contributed by atoms with E-state index in [1.54, 1.807) is 14.0 Å². The van der Waals surface area contributed by atoms with Crippen molar-refractivity contribution in [1.82, 2.24) is 21.3 Å². The minimum absolute atomic E-state index is 0.203. The zero-order valence-electron chi connectivity index (χ0n) is 7.75. The van der Waals surface area contributed by atoms with Crippen LogP contribution in [0.25, 0.3) is 0 Å².